The first-order valence-corrected chi connectivity index (χ1v) is 39.8. The number of unbranched alkanes of at least 4 members (excludes halogenated alkanes) is 34. The van der Waals surface area contributed by atoms with Crippen LogP contribution in [0.2, 0.25) is 0 Å². The van der Waals surface area contributed by atoms with Crippen molar-refractivity contribution < 1.29 is 37.6 Å². The molecule has 0 radical (unpaired) electrons. The fourth-order valence-corrected chi connectivity index (χ4v) is 11.4. The van der Waals surface area contributed by atoms with E-state index in [0.717, 1.165) is 116 Å². The van der Waals surface area contributed by atoms with Crippen molar-refractivity contribution in [2.45, 2.75) is 341 Å². The highest BCUT2D eigenvalue weighted by Crippen LogP contribution is 2.43. The summed E-state index contributed by atoms with van der Waals surface area (Å²) in [5.41, 5.74) is 5.41. The molecule has 0 saturated carbocycles. The molecular weight excluding hydrogens is 1170 g/mol. The number of phosphoric acid groups is 1. The number of nitrogens with two attached hydrogens (primary N) is 1. The maximum atomic E-state index is 12.8. The van der Waals surface area contributed by atoms with E-state index in [1.807, 2.05) is 0 Å². The summed E-state index contributed by atoms with van der Waals surface area (Å²) in [5, 5.41) is 0. The van der Waals surface area contributed by atoms with Crippen LogP contribution in [0.1, 0.15) is 335 Å². The molecule has 9 nitrogen and oxygen atoms in total. The van der Waals surface area contributed by atoms with Crippen LogP contribution < -0.4 is 5.73 Å². The summed E-state index contributed by atoms with van der Waals surface area (Å²) in [6, 6.07) is 0. The van der Waals surface area contributed by atoms with Gasteiger partial charge in [0.1, 0.15) is 6.61 Å². The molecule has 2 atom stereocenters. The Morgan fingerprint density at radius 2 is 0.559 bits per heavy atom. The van der Waals surface area contributed by atoms with Gasteiger partial charge in [-0.15, -0.1) is 0 Å². The predicted octanol–water partition coefficient (Wildman–Crippen LogP) is 25.8. The van der Waals surface area contributed by atoms with Gasteiger partial charge in [-0.3, -0.25) is 18.6 Å². The lowest BCUT2D eigenvalue weighted by atomic mass is 10.0. The number of allylic oxidation sites excluding steroid dienone is 24. The minimum absolute atomic E-state index is 0.0491. The van der Waals surface area contributed by atoms with Gasteiger partial charge in [-0.2, -0.15) is 0 Å². The monoisotopic (exact) mass is 1310 g/mol. The zero-order valence-corrected chi connectivity index (χ0v) is 60.8. The highest BCUT2D eigenvalue weighted by molar-refractivity contribution is 7.47. The van der Waals surface area contributed by atoms with Crippen LogP contribution in [0.15, 0.2) is 146 Å². The van der Waals surface area contributed by atoms with Crippen LogP contribution >= 0.6 is 7.82 Å². The smallest absolute Gasteiger partial charge is 0.462 e. The van der Waals surface area contributed by atoms with Crippen LogP contribution in [0.4, 0.5) is 0 Å². The summed E-state index contributed by atoms with van der Waals surface area (Å²) in [6.45, 7) is 3.54. The molecule has 93 heavy (non-hydrogen) atoms. The Kier molecular flexibility index (Phi) is 73.5. The molecule has 0 aromatic carbocycles. The molecule has 0 aliphatic heterocycles. The second kappa shape index (κ2) is 76.9. The highest BCUT2D eigenvalue weighted by atomic mass is 31.2. The Morgan fingerprint density at radius 3 is 0.828 bits per heavy atom. The van der Waals surface area contributed by atoms with Gasteiger partial charge >= 0.3 is 19.8 Å². The van der Waals surface area contributed by atoms with Gasteiger partial charge in [-0.1, -0.05) is 352 Å². The minimum Gasteiger partial charge on any atom is -0.462 e. The molecule has 0 aliphatic carbocycles. The van der Waals surface area contributed by atoms with Crippen molar-refractivity contribution in [3.63, 3.8) is 0 Å². The number of hydrogen-bond acceptors (Lipinski definition) is 8. The molecule has 0 bridgehead atoms. The summed E-state index contributed by atoms with van der Waals surface area (Å²) in [5.74, 6) is -0.823. The molecule has 0 rings (SSSR count). The predicted molar refractivity (Wildman–Crippen MR) is 404 cm³/mol. The van der Waals surface area contributed by atoms with E-state index in [1.165, 1.54) is 186 Å². The number of carbonyl (C=O) groups excluding carboxylic acids is 2. The molecule has 0 amide bonds. The molecule has 0 spiro atoms. The molecule has 532 valence electrons. The van der Waals surface area contributed by atoms with Crippen LogP contribution in [0, 0.1) is 0 Å². The van der Waals surface area contributed by atoms with Crippen LogP contribution in [0.3, 0.4) is 0 Å². The van der Waals surface area contributed by atoms with E-state index in [4.69, 9.17) is 24.3 Å². The Hall–Kier alpha value is -4.11. The van der Waals surface area contributed by atoms with Gasteiger partial charge in [0.05, 0.1) is 13.2 Å². The van der Waals surface area contributed by atoms with Crippen LogP contribution in [-0.2, 0) is 32.7 Å². The second-order valence-electron chi connectivity index (χ2n) is 25.1. The first kappa shape index (κ1) is 88.9. The summed E-state index contributed by atoms with van der Waals surface area (Å²) in [4.78, 5) is 35.4. The Balaban J connectivity index is 3.86. The minimum atomic E-state index is -4.40. The molecule has 0 fully saturated rings. The van der Waals surface area contributed by atoms with E-state index in [1.54, 1.807) is 0 Å². The van der Waals surface area contributed by atoms with Crippen molar-refractivity contribution >= 4 is 19.8 Å². The number of esters is 2. The molecule has 2 unspecified atom stereocenters. The molecule has 3 N–H and O–H groups in total. The van der Waals surface area contributed by atoms with Gasteiger partial charge < -0.3 is 20.1 Å². The van der Waals surface area contributed by atoms with Crippen molar-refractivity contribution in [3.8, 4) is 0 Å². The zero-order valence-electron chi connectivity index (χ0n) is 59.9. The van der Waals surface area contributed by atoms with Crippen molar-refractivity contribution in [2.24, 2.45) is 5.73 Å². The first-order valence-electron chi connectivity index (χ1n) is 38.3. The van der Waals surface area contributed by atoms with Gasteiger partial charge in [0.25, 0.3) is 0 Å². The quantitative estimate of drug-likeness (QED) is 0.0264. The average Bonchev–Trinajstić information content (AvgIpc) is 3.04. The van der Waals surface area contributed by atoms with Crippen LogP contribution in [0.25, 0.3) is 0 Å². The van der Waals surface area contributed by atoms with Gasteiger partial charge in [-0.05, 0) is 116 Å². The fourth-order valence-electron chi connectivity index (χ4n) is 10.6. The second-order valence-corrected chi connectivity index (χ2v) is 26.6. The van der Waals surface area contributed by atoms with Gasteiger partial charge in [0.15, 0.2) is 6.10 Å². The summed E-state index contributed by atoms with van der Waals surface area (Å²) < 4.78 is 33.3. The number of hydrogen-bond donors (Lipinski definition) is 2. The lowest BCUT2D eigenvalue weighted by Crippen LogP contribution is -2.29. The summed E-state index contributed by atoms with van der Waals surface area (Å²) in [6.07, 6.45) is 111. The third-order valence-corrected chi connectivity index (χ3v) is 17.2. The zero-order chi connectivity index (χ0) is 67.2. The SMILES string of the molecule is CC/C=C\C/C=C\C/C=C\C/C=C\C/C=C\C/C=C\C/C=C\C/C=C\CCCCCCCCCCCCCCC(=O)OC(COC(=O)CCCCCCCCCCCCCCCCCCCCCCCC/C=C\C/C=C\C/C=C\C/C=C\CC)COP(=O)(O)OCCN. The number of phosphoric ester groups is 1. The van der Waals surface area contributed by atoms with Crippen molar-refractivity contribution in [3.05, 3.63) is 146 Å². The highest BCUT2D eigenvalue weighted by Gasteiger charge is 2.26. The topological polar surface area (TPSA) is 134 Å². The summed E-state index contributed by atoms with van der Waals surface area (Å²) in [7, 11) is -4.40. The van der Waals surface area contributed by atoms with E-state index in [-0.39, 0.29) is 38.6 Å². The van der Waals surface area contributed by atoms with Crippen molar-refractivity contribution in [1.29, 1.82) is 0 Å². The normalized spacial score (nSPS) is 13.7. The standard InChI is InChI=1S/C83H142NO8P/c1-3-5-7-9-11-13-15-17-19-21-23-25-27-29-31-33-35-37-39-40-42-44-46-48-50-52-54-56-58-60-62-64-66-68-70-72-74-76-83(86)92-81(80-91-93(87,88)90-78-77-84)79-89-82(85)75-73-71-69-67-65-63-61-59-57-55-53-51-49-47-45-43-41-38-36-34-32-30-28-26-24-22-20-18-16-14-12-10-8-6-4-2/h5-8,11-14,17-20,23-26,29,31,35,37,40,42,46,48,81H,3-4,9-10,15-16,21-22,27-28,30,32-34,36,38-39,41,43-45,47,49-80,84H2,1-2H3,(H,87,88)/b7-5-,8-6-,13-11-,14-12-,19-17-,20-18-,25-23-,26-24-,31-29-,37-35-,42-40-,48-46-. The van der Waals surface area contributed by atoms with E-state index in [9.17, 15) is 19.0 Å². The first-order chi connectivity index (χ1) is 45.8. The van der Waals surface area contributed by atoms with E-state index in [2.05, 4.69) is 160 Å². The lowest BCUT2D eigenvalue weighted by Gasteiger charge is -2.19. The Labute approximate surface area is 573 Å². The van der Waals surface area contributed by atoms with Gasteiger partial charge in [0, 0.05) is 19.4 Å². The lowest BCUT2D eigenvalue weighted by molar-refractivity contribution is -0.161. The molecule has 10 heteroatoms. The molecule has 0 aliphatic rings. The van der Waals surface area contributed by atoms with Crippen molar-refractivity contribution in [1.82, 2.24) is 0 Å². The molecule has 0 heterocycles. The van der Waals surface area contributed by atoms with Gasteiger partial charge in [-0.25, -0.2) is 4.57 Å². The number of ether oxygens (including phenoxy) is 2. The molecule has 0 aromatic rings. The Bertz CT molecular complexity index is 2040. The van der Waals surface area contributed by atoms with E-state index >= 15 is 0 Å². The summed E-state index contributed by atoms with van der Waals surface area (Å²) >= 11 is 0. The largest absolute Gasteiger partial charge is 0.472 e. The van der Waals surface area contributed by atoms with Crippen LogP contribution in [0.5, 0.6) is 0 Å². The van der Waals surface area contributed by atoms with E-state index in [0.29, 0.717) is 6.42 Å². The third kappa shape index (κ3) is 76.8. The van der Waals surface area contributed by atoms with Gasteiger partial charge in [0.2, 0.25) is 0 Å². The number of carbonyl (C=O) groups is 2. The van der Waals surface area contributed by atoms with Crippen molar-refractivity contribution in [2.75, 3.05) is 26.4 Å². The molecule has 0 saturated heterocycles. The molecular formula is C83H142NO8P. The average molecular weight is 1310 g/mol. The maximum absolute atomic E-state index is 12.8. The van der Waals surface area contributed by atoms with Crippen LogP contribution in [-0.4, -0.2) is 49.3 Å². The van der Waals surface area contributed by atoms with E-state index < -0.39 is 26.5 Å². The number of rotatable bonds is 71. The fraction of sp³-hybridized carbons (Fsp3) is 0.687. The Morgan fingerprint density at radius 1 is 0.323 bits per heavy atom. The maximum Gasteiger partial charge on any atom is 0.472 e. The molecule has 0 aromatic heterocycles. The third-order valence-electron chi connectivity index (χ3n) is 16.2.